The van der Waals surface area contributed by atoms with Crippen LogP contribution in [0.5, 0.6) is 0 Å². The lowest BCUT2D eigenvalue weighted by Gasteiger charge is -2.23. The van der Waals surface area contributed by atoms with E-state index in [1.165, 1.54) is 13.8 Å². The summed E-state index contributed by atoms with van der Waals surface area (Å²) >= 11 is 0. The second-order valence-electron chi connectivity index (χ2n) is 5.29. The molecule has 0 aromatic carbocycles. The molecule has 0 saturated carbocycles. The highest BCUT2D eigenvalue weighted by Gasteiger charge is 2.30. The molecule has 0 saturated heterocycles. The van der Waals surface area contributed by atoms with Crippen LogP contribution in [0.1, 0.15) is 53.4 Å². The van der Waals surface area contributed by atoms with Gasteiger partial charge in [0.1, 0.15) is 6.04 Å². The summed E-state index contributed by atoms with van der Waals surface area (Å²) in [6.45, 7) is 7.29. The van der Waals surface area contributed by atoms with Crippen LogP contribution in [0.3, 0.4) is 0 Å². The fourth-order valence-corrected chi connectivity index (χ4v) is 3.02. The highest BCUT2D eigenvalue weighted by Crippen LogP contribution is 2.44. The van der Waals surface area contributed by atoms with Crippen molar-refractivity contribution in [2.45, 2.75) is 65.5 Å². The van der Waals surface area contributed by atoms with Gasteiger partial charge in [-0.25, -0.2) is 9.65 Å². The third kappa shape index (κ3) is 9.71. The van der Waals surface area contributed by atoms with Gasteiger partial charge in [0, 0.05) is 0 Å². The maximum atomic E-state index is 12.6. The maximum absolute atomic E-state index is 12.6. The van der Waals surface area contributed by atoms with E-state index in [4.69, 9.17) is 14.2 Å². The molecule has 0 fully saturated rings. The molecule has 2 atom stereocenters. The molecular weight excluding hydrogens is 323 g/mol. The van der Waals surface area contributed by atoms with Crippen molar-refractivity contribution in [3.8, 4) is 0 Å². The highest BCUT2D eigenvalue weighted by atomic mass is 31.2. The predicted octanol–water partition coefficient (Wildman–Crippen LogP) is 2.30. The molecule has 0 bridgehead atoms. The number of hydrogen-bond acceptors (Lipinski definition) is 5. The van der Waals surface area contributed by atoms with Crippen molar-refractivity contribution in [2.24, 2.45) is 0 Å². The van der Waals surface area contributed by atoms with E-state index >= 15 is 0 Å². The summed E-state index contributed by atoms with van der Waals surface area (Å²) in [4.78, 5) is 22.7. The third-order valence-corrected chi connectivity index (χ3v) is 4.74. The van der Waals surface area contributed by atoms with Gasteiger partial charge in [0.2, 0.25) is 5.91 Å². The van der Waals surface area contributed by atoms with E-state index < -0.39 is 31.7 Å². The van der Waals surface area contributed by atoms with E-state index in [0.717, 1.165) is 25.7 Å². The number of carbonyl (C=O) groups is 2. The summed E-state index contributed by atoms with van der Waals surface area (Å²) in [6.07, 6.45) is 3.20. The number of carboxylic acids is 1. The molecule has 1 amide bonds. The van der Waals surface area contributed by atoms with E-state index in [2.05, 4.69) is 10.4 Å². The molecule has 3 N–H and O–H groups in total. The summed E-state index contributed by atoms with van der Waals surface area (Å²) in [5.41, 5.74) is 0. The lowest BCUT2D eigenvalue weighted by molar-refractivity contribution is -0.141. The van der Waals surface area contributed by atoms with Crippen molar-refractivity contribution in [1.29, 1.82) is 0 Å². The molecule has 0 spiro atoms. The fourth-order valence-electron chi connectivity index (χ4n) is 1.47. The second kappa shape index (κ2) is 11.6. The standard InChI is InChI=1S/C14H29N2O6P/c1-5-7-9-21-23(20,22-10-8-6-2)16-11(3)13(17)15-12(4)14(18)19/h11-12H,5-10H2,1-4H3,(H,15,17)(H,16,20)(H,18,19). The van der Waals surface area contributed by atoms with Crippen LogP contribution in [0, 0.1) is 0 Å². The molecule has 136 valence electrons. The number of amides is 1. The molecule has 0 aromatic heterocycles. The van der Waals surface area contributed by atoms with Crippen LogP contribution in [-0.4, -0.2) is 42.3 Å². The zero-order valence-electron chi connectivity index (χ0n) is 14.3. The summed E-state index contributed by atoms with van der Waals surface area (Å²) in [5, 5.41) is 13.7. The zero-order chi connectivity index (χ0) is 17.9. The number of unbranched alkanes of at least 4 members (excludes halogenated alkanes) is 2. The Kier molecular flexibility index (Phi) is 11.1. The van der Waals surface area contributed by atoms with Crippen molar-refractivity contribution in [2.75, 3.05) is 13.2 Å². The molecule has 0 rings (SSSR count). The first-order valence-corrected chi connectivity index (χ1v) is 9.50. The van der Waals surface area contributed by atoms with E-state index in [1.807, 2.05) is 13.8 Å². The Morgan fingerprint density at radius 1 is 1.04 bits per heavy atom. The quantitative estimate of drug-likeness (QED) is 0.344. The average Bonchev–Trinajstić information content (AvgIpc) is 2.47. The molecule has 0 aromatic rings. The normalized spacial score (nSPS) is 14.3. The largest absolute Gasteiger partial charge is 0.480 e. The van der Waals surface area contributed by atoms with Gasteiger partial charge in [-0.05, 0) is 26.7 Å². The van der Waals surface area contributed by atoms with Gasteiger partial charge in [-0.3, -0.25) is 18.6 Å². The minimum absolute atomic E-state index is 0.257. The SMILES string of the molecule is CCCCOP(=O)(NC(C)C(=O)NC(C)C(=O)O)OCCCC. The van der Waals surface area contributed by atoms with Gasteiger partial charge in [0.15, 0.2) is 0 Å². The van der Waals surface area contributed by atoms with Crippen molar-refractivity contribution in [3.05, 3.63) is 0 Å². The Hall–Kier alpha value is -0.950. The third-order valence-electron chi connectivity index (χ3n) is 2.99. The fraction of sp³-hybridized carbons (Fsp3) is 0.857. The summed E-state index contributed by atoms with van der Waals surface area (Å²) in [5.74, 6) is -1.73. The van der Waals surface area contributed by atoms with Gasteiger partial charge in [-0.15, -0.1) is 0 Å². The predicted molar refractivity (Wildman–Crippen MR) is 87.2 cm³/mol. The molecular formula is C14H29N2O6P. The molecule has 0 aliphatic heterocycles. The molecule has 2 unspecified atom stereocenters. The van der Waals surface area contributed by atoms with Crippen LogP contribution in [0.2, 0.25) is 0 Å². The second-order valence-corrected chi connectivity index (χ2v) is 7.06. The van der Waals surface area contributed by atoms with Crippen LogP contribution in [0.25, 0.3) is 0 Å². The van der Waals surface area contributed by atoms with Crippen molar-refractivity contribution in [3.63, 3.8) is 0 Å². The minimum Gasteiger partial charge on any atom is -0.480 e. The first kappa shape index (κ1) is 22.1. The lowest BCUT2D eigenvalue weighted by Crippen LogP contribution is -2.47. The number of aliphatic carboxylic acids is 1. The monoisotopic (exact) mass is 352 g/mol. The van der Waals surface area contributed by atoms with Crippen molar-refractivity contribution < 1.29 is 28.3 Å². The van der Waals surface area contributed by atoms with Crippen LogP contribution in [0.15, 0.2) is 0 Å². The highest BCUT2D eigenvalue weighted by molar-refractivity contribution is 7.51. The van der Waals surface area contributed by atoms with Crippen LogP contribution in [0.4, 0.5) is 0 Å². The zero-order valence-corrected chi connectivity index (χ0v) is 15.2. The Bertz CT molecular complexity index is 404. The molecule has 23 heavy (non-hydrogen) atoms. The van der Waals surface area contributed by atoms with Crippen LogP contribution >= 0.6 is 7.75 Å². The number of nitrogens with one attached hydrogen (secondary N) is 2. The lowest BCUT2D eigenvalue weighted by atomic mass is 10.3. The van der Waals surface area contributed by atoms with Gasteiger partial charge in [0.05, 0.1) is 19.3 Å². The molecule has 0 aliphatic carbocycles. The first-order valence-electron chi connectivity index (χ1n) is 7.95. The summed E-state index contributed by atoms with van der Waals surface area (Å²) < 4.78 is 23.3. The molecule has 0 radical (unpaired) electrons. The maximum Gasteiger partial charge on any atom is 0.406 e. The van der Waals surface area contributed by atoms with Gasteiger partial charge in [-0.2, -0.15) is 0 Å². The number of carbonyl (C=O) groups excluding carboxylic acids is 1. The van der Waals surface area contributed by atoms with E-state index in [-0.39, 0.29) is 13.2 Å². The van der Waals surface area contributed by atoms with E-state index in [9.17, 15) is 14.2 Å². The van der Waals surface area contributed by atoms with Gasteiger partial charge < -0.3 is 10.4 Å². The summed E-state index contributed by atoms with van der Waals surface area (Å²) in [6, 6.07) is -1.95. The van der Waals surface area contributed by atoms with Crippen LogP contribution in [-0.2, 0) is 23.2 Å². The van der Waals surface area contributed by atoms with Crippen molar-refractivity contribution in [1.82, 2.24) is 10.4 Å². The Morgan fingerprint density at radius 3 is 1.91 bits per heavy atom. The summed E-state index contributed by atoms with van der Waals surface area (Å²) in [7, 11) is -3.61. The smallest absolute Gasteiger partial charge is 0.406 e. The minimum atomic E-state index is -3.61. The molecule has 0 aliphatic rings. The van der Waals surface area contributed by atoms with Gasteiger partial charge in [-0.1, -0.05) is 26.7 Å². The number of hydrogen-bond donors (Lipinski definition) is 3. The number of rotatable bonds is 13. The Labute approximate surface area is 137 Å². The number of carboxylic acid groups (broad SMARTS) is 1. The Morgan fingerprint density at radius 2 is 1.52 bits per heavy atom. The molecule has 8 nitrogen and oxygen atoms in total. The molecule has 9 heteroatoms. The van der Waals surface area contributed by atoms with Crippen molar-refractivity contribution >= 4 is 19.6 Å². The van der Waals surface area contributed by atoms with Crippen LogP contribution < -0.4 is 10.4 Å². The van der Waals surface area contributed by atoms with E-state index in [1.54, 1.807) is 0 Å². The van der Waals surface area contributed by atoms with Gasteiger partial charge >= 0.3 is 13.7 Å². The van der Waals surface area contributed by atoms with Gasteiger partial charge in [0.25, 0.3) is 0 Å². The average molecular weight is 352 g/mol. The first-order chi connectivity index (χ1) is 10.8. The molecule has 0 heterocycles. The van der Waals surface area contributed by atoms with E-state index in [0.29, 0.717) is 0 Å². The Balaban J connectivity index is 4.67. The topological polar surface area (TPSA) is 114 Å².